The molecule has 2 atom stereocenters. The number of hydrogen-bond acceptors (Lipinski definition) is 5. The molecular formula is C13H22N4O3S. The van der Waals surface area contributed by atoms with Crippen molar-refractivity contribution >= 4 is 10.0 Å². The third kappa shape index (κ3) is 2.40. The van der Waals surface area contributed by atoms with Gasteiger partial charge in [-0.15, -0.1) is 0 Å². The number of nitrogens with one attached hydrogen (secondary N) is 1. The number of fused-ring (bicyclic) bond motifs is 1. The Kier molecular flexibility index (Phi) is 3.81. The molecule has 0 bridgehead atoms. The molecule has 2 unspecified atom stereocenters. The molecule has 1 aromatic heterocycles. The maximum absolute atomic E-state index is 12.9. The highest BCUT2D eigenvalue weighted by Gasteiger charge is 2.41. The van der Waals surface area contributed by atoms with E-state index < -0.39 is 10.0 Å². The molecule has 8 heteroatoms. The summed E-state index contributed by atoms with van der Waals surface area (Å²) in [4.78, 5) is 2.37. The molecule has 3 heterocycles. The Balaban J connectivity index is 1.94. The van der Waals surface area contributed by atoms with Gasteiger partial charge in [-0.05, 0) is 33.2 Å². The fourth-order valence-electron chi connectivity index (χ4n) is 3.44. The first-order chi connectivity index (χ1) is 9.95. The van der Waals surface area contributed by atoms with Crippen LogP contribution in [-0.2, 0) is 16.6 Å². The quantitative estimate of drug-likeness (QED) is 0.824. The Hall–Kier alpha value is -0.960. The van der Waals surface area contributed by atoms with Crippen LogP contribution in [0.5, 0.6) is 0 Å². The summed E-state index contributed by atoms with van der Waals surface area (Å²) in [5.74, 6) is 0. The average Bonchev–Trinajstić information content (AvgIpc) is 3.03. The summed E-state index contributed by atoms with van der Waals surface area (Å²) in [6, 6.07) is 0.237. The number of H-pyrrole nitrogens is 1. The van der Waals surface area contributed by atoms with Gasteiger partial charge < -0.3 is 5.11 Å². The highest BCUT2D eigenvalue weighted by molar-refractivity contribution is 7.89. The number of hydrogen-bond donors (Lipinski definition) is 2. The zero-order valence-corrected chi connectivity index (χ0v) is 13.2. The second kappa shape index (κ2) is 5.35. The standard InChI is InChI=1S/C13H22N4O3S/c1-9-6-16-5-3-4-11(16)7-17(9)21(19,20)13-12(8-18)10(2)14-15-13/h9,11,18H,3-8H2,1-2H3,(H,14,15). The van der Waals surface area contributed by atoms with E-state index in [1.165, 1.54) is 0 Å². The third-order valence-corrected chi connectivity index (χ3v) is 6.58. The van der Waals surface area contributed by atoms with E-state index in [4.69, 9.17) is 0 Å². The maximum atomic E-state index is 12.9. The molecule has 2 aliphatic heterocycles. The van der Waals surface area contributed by atoms with Crippen molar-refractivity contribution in [1.29, 1.82) is 0 Å². The SMILES string of the molecule is Cc1[nH]nc(S(=O)(=O)N2CC3CCCN3CC2C)c1CO. The van der Waals surface area contributed by atoms with Crippen molar-refractivity contribution in [2.45, 2.75) is 50.4 Å². The summed E-state index contributed by atoms with van der Waals surface area (Å²) in [5, 5.41) is 16.0. The van der Waals surface area contributed by atoms with Crippen LogP contribution in [0.4, 0.5) is 0 Å². The smallest absolute Gasteiger partial charge is 0.263 e. The molecule has 0 amide bonds. The fraction of sp³-hybridized carbons (Fsp3) is 0.769. The van der Waals surface area contributed by atoms with E-state index in [1.807, 2.05) is 6.92 Å². The van der Waals surface area contributed by atoms with Crippen LogP contribution >= 0.6 is 0 Å². The lowest BCUT2D eigenvalue weighted by Crippen LogP contribution is -2.56. The highest BCUT2D eigenvalue weighted by Crippen LogP contribution is 2.29. The van der Waals surface area contributed by atoms with Gasteiger partial charge in [0.25, 0.3) is 10.0 Å². The first kappa shape index (κ1) is 15.0. The number of aromatic nitrogens is 2. The molecule has 0 radical (unpaired) electrons. The van der Waals surface area contributed by atoms with Crippen molar-refractivity contribution in [2.24, 2.45) is 0 Å². The van der Waals surface area contributed by atoms with Gasteiger partial charge in [-0.3, -0.25) is 10.00 Å². The second-order valence-corrected chi connectivity index (χ2v) is 7.81. The van der Waals surface area contributed by atoms with E-state index >= 15 is 0 Å². The number of aliphatic hydroxyl groups is 1. The van der Waals surface area contributed by atoms with Gasteiger partial charge in [0, 0.05) is 36.4 Å². The summed E-state index contributed by atoms with van der Waals surface area (Å²) >= 11 is 0. The number of sulfonamides is 1. The number of aliphatic hydroxyl groups excluding tert-OH is 1. The fourth-order valence-corrected chi connectivity index (χ4v) is 5.26. The molecule has 0 aliphatic carbocycles. The van der Waals surface area contributed by atoms with Gasteiger partial charge in [-0.1, -0.05) is 0 Å². The van der Waals surface area contributed by atoms with Crippen LogP contribution in [0.25, 0.3) is 0 Å². The number of aryl methyl sites for hydroxylation is 1. The van der Waals surface area contributed by atoms with Gasteiger partial charge >= 0.3 is 0 Å². The maximum Gasteiger partial charge on any atom is 0.263 e. The first-order valence-electron chi connectivity index (χ1n) is 7.35. The third-order valence-electron chi connectivity index (χ3n) is 4.63. The van der Waals surface area contributed by atoms with Crippen LogP contribution < -0.4 is 0 Å². The Morgan fingerprint density at radius 1 is 1.43 bits per heavy atom. The van der Waals surface area contributed by atoms with Crippen molar-refractivity contribution in [3.8, 4) is 0 Å². The van der Waals surface area contributed by atoms with Crippen LogP contribution in [0.15, 0.2) is 5.03 Å². The molecule has 21 heavy (non-hydrogen) atoms. The topological polar surface area (TPSA) is 89.5 Å². The van der Waals surface area contributed by atoms with E-state index in [1.54, 1.807) is 11.2 Å². The largest absolute Gasteiger partial charge is 0.392 e. The van der Waals surface area contributed by atoms with Gasteiger partial charge in [0.05, 0.1) is 6.61 Å². The van der Waals surface area contributed by atoms with E-state index in [0.29, 0.717) is 23.8 Å². The zero-order valence-electron chi connectivity index (χ0n) is 12.4. The minimum atomic E-state index is -3.67. The molecule has 3 rings (SSSR count). The number of piperazine rings is 1. The lowest BCUT2D eigenvalue weighted by molar-refractivity contribution is 0.116. The molecule has 0 spiro atoms. The van der Waals surface area contributed by atoms with Crippen LogP contribution in [0, 0.1) is 6.92 Å². The zero-order chi connectivity index (χ0) is 15.2. The molecule has 2 N–H and O–H groups in total. The average molecular weight is 314 g/mol. The molecule has 0 saturated carbocycles. The van der Waals surface area contributed by atoms with Gasteiger partial charge in [-0.25, -0.2) is 8.42 Å². The molecule has 2 saturated heterocycles. The summed E-state index contributed by atoms with van der Waals surface area (Å²) in [7, 11) is -3.67. The van der Waals surface area contributed by atoms with E-state index in [2.05, 4.69) is 15.1 Å². The number of nitrogens with zero attached hydrogens (tertiary/aromatic N) is 3. The number of rotatable bonds is 3. The monoisotopic (exact) mass is 314 g/mol. The normalized spacial score (nSPS) is 28.0. The van der Waals surface area contributed by atoms with Crippen molar-refractivity contribution < 1.29 is 13.5 Å². The van der Waals surface area contributed by atoms with Crippen LogP contribution in [-0.4, -0.2) is 64.6 Å². The summed E-state index contributed by atoms with van der Waals surface area (Å²) in [6.45, 7) is 5.67. The predicted molar refractivity (Wildman–Crippen MR) is 77.2 cm³/mol. The molecular weight excluding hydrogens is 292 g/mol. The van der Waals surface area contributed by atoms with Gasteiger partial charge in [0.2, 0.25) is 0 Å². The van der Waals surface area contributed by atoms with Gasteiger partial charge in [0.1, 0.15) is 0 Å². The van der Waals surface area contributed by atoms with Crippen molar-refractivity contribution in [3.63, 3.8) is 0 Å². The van der Waals surface area contributed by atoms with Crippen molar-refractivity contribution in [3.05, 3.63) is 11.3 Å². The Labute approximate surface area is 125 Å². The van der Waals surface area contributed by atoms with Gasteiger partial charge in [0.15, 0.2) is 5.03 Å². The summed E-state index contributed by atoms with van der Waals surface area (Å²) in [6.07, 6.45) is 2.18. The molecule has 1 aromatic rings. The van der Waals surface area contributed by atoms with Crippen LogP contribution in [0.1, 0.15) is 31.0 Å². The minimum absolute atomic E-state index is 0.0270. The Bertz CT molecular complexity index is 627. The molecule has 7 nitrogen and oxygen atoms in total. The van der Waals surface area contributed by atoms with E-state index in [9.17, 15) is 13.5 Å². The lowest BCUT2D eigenvalue weighted by Gasteiger charge is -2.41. The van der Waals surface area contributed by atoms with Crippen molar-refractivity contribution in [2.75, 3.05) is 19.6 Å². The predicted octanol–water partition coefficient (Wildman–Crippen LogP) is 0.0676. The number of aromatic amines is 1. The minimum Gasteiger partial charge on any atom is -0.392 e. The highest BCUT2D eigenvalue weighted by atomic mass is 32.2. The Morgan fingerprint density at radius 3 is 2.90 bits per heavy atom. The second-order valence-electron chi connectivity index (χ2n) is 6.01. The summed E-state index contributed by atoms with van der Waals surface area (Å²) in [5.41, 5.74) is 0.972. The molecule has 2 fully saturated rings. The summed E-state index contributed by atoms with van der Waals surface area (Å²) < 4.78 is 27.3. The van der Waals surface area contributed by atoms with Crippen molar-refractivity contribution in [1.82, 2.24) is 19.4 Å². The van der Waals surface area contributed by atoms with Crippen LogP contribution in [0.2, 0.25) is 0 Å². The van der Waals surface area contributed by atoms with E-state index in [-0.39, 0.29) is 17.7 Å². The first-order valence-corrected chi connectivity index (χ1v) is 8.79. The van der Waals surface area contributed by atoms with Gasteiger partial charge in [-0.2, -0.15) is 9.40 Å². The lowest BCUT2D eigenvalue weighted by atomic mass is 10.1. The van der Waals surface area contributed by atoms with E-state index in [0.717, 1.165) is 25.9 Å². The molecule has 118 valence electrons. The molecule has 0 aromatic carbocycles. The Morgan fingerprint density at radius 2 is 2.19 bits per heavy atom. The van der Waals surface area contributed by atoms with Crippen LogP contribution in [0.3, 0.4) is 0 Å². The molecule has 2 aliphatic rings.